The van der Waals surface area contributed by atoms with Gasteiger partial charge in [0.25, 0.3) is 0 Å². The van der Waals surface area contributed by atoms with Gasteiger partial charge >= 0.3 is 0 Å². The number of hydrogen-bond acceptors (Lipinski definition) is 5. The lowest BCUT2D eigenvalue weighted by molar-refractivity contribution is -0.115. The molecule has 1 amide bonds. The van der Waals surface area contributed by atoms with Gasteiger partial charge in [0.15, 0.2) is 0 Å². The molecule has 1 atom stereocenters. The normalized spacial score (nSPS) is 14.8. The van der Waals surface area contributed by atoms with Gasteiger partial charge in [-0.1, -0.05) is 41.7 Å². The molecule has 6 heteroatoms. The maximum absolute atomic E-state index is 12.2. The molecule has 24 heavy (non-hydrogen) atoms. The Morgan fingerprint density at radius 1 is 1.17 bits per heavy atom. The van der Waals surface area contributed by atoms with Gasteiger partial charge in [-0.3, -0.25) is 9.79 Å². The predicted octanol–water partition coefficient (Wildman–Crippen LogP) is 4.64. The summed E-state index contributed by atoms with van der Waals surface area (Å²) in [6.07, 6.45) is 0. The molecule has 0 saturated heterocycles. The first kappa shape index (κ1) is 16.9. The lowest BCUT2D eigenvalue weighted by atomic mass is 10.3. The number of hydrogen-bond donors (Lipinski definition) is 1. The fourth-order valence-corrected chi connectivity index (χ4v) is 4.20. The number of thioether (sulfide) groups is 2. The van der Waals surface area contributed by atoms with Gasteiger partial charge in [-0.25, -0.2) is 0 Å². The highest BCUT2D eigenvalue weighted by atomic mass is 32.2. The van der Waals surface area contributed by atoms with Crippen molar-refractivity contribution in [2.75, 3.05) is 17.6 Å². The molecule has 0 radical (unpaired) electrons. The topological polar surface area (TPSA) is 50.7 Å². The van der Waals surface area contributed by atoms with Crippen LogP contribution in [0, 0.1) is 0 Å². The molecule has 1 aliphatic rings. The van der Waals surface area contributed by atoms with Gasteiger partial charge in [-0.2, -0.15) is 0 Å². The lowest BCUT2D eigenvalue weighted by Crippen LogP contribution is -2.23. The van der Waals surface area contributed by atoms with Crippen molar-refractivity contribution in [1.82, 2.24) is 0 Å². The maximum Gasteiger partial charge on any atom is 0.237 e. The number of amides is 1. The van der Waals surface area contributed by atoms with E-state index in [0.717, 1.165) is 33.9 Å². The molecule has 1 N–H and O–H groups in total. The van der Waals surface area contributed by atoms with E-state index >= 15 is 0 Å². The third-order valence-corrected chi connectivity index (χ3v) is 5.61. The van der Waals surface area contributed by atoms with Crippen molar-refractivity contribution in [2.45, 2.75) is 12.2 Å². The summed E-state index contributed by atoms with van der Waals surface area (Å²) in [4.78, 5) is 16.6. The van der Waals surface area contributed by atoms with Crippen molar-refractivity contribution in [3.63, 3.8) is 0 Å². The largest absolute Gasteiger partial charge is 0.457 e. The van der Waals surface area contributed by atoms with Crippen LogP contribution in [0.4, 0.5) is 5.69 Å². The number of nitrogens with one attached hydrogen (secondary N) is 1. The molecule has 3 rings (SSSR count). The van der Waals surface area contributed by atoms with Crippen LogP contribution in [-0.4, -0.2) is 27.8 Å². The average molecular weight is 358 g/mol. The summed E-state index contributed by atoms with van der Waals surface area (Å²) in [5.74, 6) is 2.51. The molecule has 0 aliphatic carbocycles. The Hall–Kier alpha value is -1.92. The smallest absolute Gasteiger partial charge is 0.237 e. The minimum Gasteiger partial charge on any atom is -0.457 e. The van der Waals surface area contributed by atoms with Gasteiger partial charge < -0.3 is 10.1 Å². The Morgan fingerprint density at radius 2 is 1.88 bits per heavy atom. The first-order valence-corrected chi connectivity index (χ1v) is 9.55. The molecule has 0 saturated carbocycles. The number of para-hydroxylation sites is 1. The number of carbonyl (C=O) groups excluding carboxylic acids is 1. The fourth-order valence-electron chi connectivity index (χ4n) is 2.07. The molecule has 0 bridgehead atoms. The highest BCUT2D eigenvalue weighted by Crippen LogP contribution is 2.27. The number of carbonyl (C=O) groups is 1. The van der Waals surface area contributed by atoms with Crippen LogP contribution in [0.5, 0.6) is 11.5 Å². The number of aliphatic imine (C=N–C) groups is 1. The molecular weight excluding hydrogens is 340 g/mol. The third kappa shape index (κ3) is 4.79. The number of rotatable bonds is 5. The lowest BCUT2D eigenvalue weighted by Gasteiger charge is -2.12. The van der Waals surface area contributed by atoms with Gasteiger partial charge in [0.1, 0.15) is 15.9 Å². The quantitative estimate of drug-likeness (QED) is 0.846. The molecule has 0 aromatic heterocycles. The molecule has 124 valence electrons. The monoisotopic (exact) mass is 358 g/mol. The molecule has 0 spiro atoms. The van der Waals surface area contributed by atoms with E-state index in [9.17, 15) is 4.79 Å². The Balaban J connectivity index is 1.54. The van der Waals surface area contributed by atoms with Crippen LogP contribution in [0.15, 0.2) is 59.6 Å². The van der Waals surface area contributed by atoms with Crippen LogP contribution in [0.1, 0.15) is 6.92 Å². The Labute approximate surface area is 150 Å². The van der Waals surface area contributed by atoms with Crippen molar-refractivity contribution in [3.05, 3.63) is 54.6 Å². The molecule has 0 fully saturated rings. The van der Waals surface area contributed by atoms with E-state index in [1.807, 2.05) is 61.5 Å². The van der Waals surface area contributed by atoms with E-state index in [1.165, 1.54) is 11.8 Å². The second-order valence-electron chi connectivity index (χ2n) is 5.18. The SMILES string of the molecule is C[C@H](SC1=NCCS1)C(=O)Nc1ccc(Oc2ccccc2)cc1. The summed E-state index contributed by atoms with van der Waals surface area (Å²) in [5.41, 5.74) is 0.758. The first-order chi connectivity index (χ1) is 11.7. The molecule has 2 aromatic rings. The molecule has 4 nitrogen and oxygen atoms in total. The van der Waals surface area contributed by atoms with E-state index in [4.69, 9.17) is 4.74 Å². The van der Waals surface area contributed by atoms with Crippen LogP contribution < -0.4 is 10.1 Å². The van der Waals surface area contributed by atoms with E-state index < -0.39 is 0 Å². The van der Waals surface area contributed by atoms with Gasteiger partial charge in [0, 0.05) is 11.4 Å². The van der Waals surface area contributed by atoms with Crippen molar-refractivity contribution >= 4 is 39.5 Å². The maximum atomic E-state index is 12.2. The molecule has 2 aromatic carbocycles. The van der Waals surface area contributed by atoms with E-state index in [-0.39, 0.29) is 11.2 Å². The van der Waals surface area contributed by atoms with Crippen molar-refractivity contribution < 1.29 is 9.53 Å². The molecule has 1 heterocycles. The summed E-state index contributed by atoms with van der Waals surface area (Å²) in [7, 11) is 0. The van der Waals surface area contributed by atoms with E-state index in [1.54, 1.807) is 11.8 Å². The highest BCUT2D eigenvalue weighted by molar-refractivity contribution is 8.39. The predicted molar refractivity (Wildman–Crippen MR) is 103 cm³/mol. The number of ether oxygens (including phenoxy) is 1. The zero-order valence-corrected chi connectivity index (χ0v) is 14.9. The summed E-state index contributed by atoms with van der Waals surface area (Å²) in [5, 5.41) is 2.76. The Bertz CT molecular complexity index is 718. The number of anilines is 1. The van der Waals surface area contributed by atoms with Crippen molar-refractivity contribution in [1.29, 1.82) is 0 Å². The summed E-state index contributed by atoms with van der Waals surface area (Å²) in [6, 6.07) is 17.0. The molecule has 0 unspecified atom stereocenters. The van der Waals surface area contributed by atoms with Gasteiger partial charge in [-0.15, -0.1) is 0 Å². The van der Waals surface area contributed by atoms with Crippen LogP contribution in [0.25, 0.3) is 0 Å². The van der Waals surface area contributed by atoms with Crippen LogP contribution >= 0.6 is 23.5 Å². The van der Waals surface area contributed by atoms with Crippen LogP contribution in [0.2, 0.25) is 0 Å². The minimum absolute atomic E-state index is 0.0214. The Kier molecular flexibility index (Phi) is 5.82. The summed E-state index contributed by atoms with van der Waals surface area (Å²) in [6.45, 7) is 2.75. The van der Waals surface area contributed by atoms with Crippen molar-refractivity contribution in [2.24, 2.45) is 4.99 Å². The van der Waals surface area contributed by atoms with Gasteiger partial charge in [0.05, 0.1) is 11.8 Å². The second-order valence-corrected chi connectivity index (χ2v) is 7.86. The van der Waals surface area contributed by atoms with E-state index in [0.29, 0.717) is 0 Å². The van der Waals surface area contributed by atoms with Crippen molar-refractivity contribution in [3.8, 4) is 11.5 Å². The standard InChI is InChI=1S/C18H18N2O2S2/c1-13(24-18-19-11-12-23-18)17(21)20-14-7-9-16(10-8-14)22-15-5-3-2-4-6-15/h2-10,13H,11-12H2,1H3,(H,20,21)/t13-/m0/s1. The third-order valence-electron chi connectivity index (χ3n) is 3.31. The van der Waals surface area contributed by atoms with Gasteiger partial charge in [0.2, 0.25) is 5.91 Å². The number of nitrogens with zero attached hydrogens (tertiary/aromatic N) is 1. The van der Waals surface area contributed by atoms with E-state index in [2.05, 4.69) is 10.3 Å². The first-order valence-electron chi connectivity index (χ1n) is 7.68. The molecular formula is C18H18N2O2S2. The number of benzene rings is 2. The zero-order valence-electron chi connectivity index (χ0n) is 13.3. The Morgan fingerprint density at radius 3 is 2.54 bits per heavy atom. The summed E-state index contributed by atoms with van der Waals surface area (Å²) < 4.78 is 6.74. The summed E-state index contributed by atoms with van der Waals surface area (Å²) >= 11 is 3.23. The van der Waals surface area contributed by atoms with Gasteiger partial charge in [-0.05, 0) is 43.3 Å². The second kappa shape index (κ2) is 8.26. The average Bonchev–Trinajstić information content (AvgIpc) is 3.10. The molecule has 1 aliphatic heterocycles. The highest BCUT2D eigenvalue weighted by Gasteiger charge is 2.18. The van der Waals surface area contributed by atoms with Crippen LogP contribution in [-0.2, 0) is 4.79 Å². The fraction of sp³-hybridized carbons (Fsp3) is 0.222. The van der Waals surface area contributed by atoms with Crippen LogP contribution in [0.3, 0.4) is 0 Å². The zero-order chi connectivity index (χ0) is 16.8. The minimum atomic E-state index is -0.172.